The first-order chi connectivity index (χ1) is 6.83. The van der Waals surface area contributed by atoms with Gasteiger partial charge >= 0.3 is 7.82 Å². The second-order valence-corrected chi connectivity index (χ2v) is 6.10. The summed E-state index contributed by atoms with van der Waals surface area (Å²) in [4.78, 5) is 0. The molecule has 0 rings (SSSR count). The lowest BCUT2D eigenvalue weighted by Crippen LogP contribution is -2.10. The molecule has 0 aliphatic rings. The van der Waals surface area contributed by atoms with Crippen molar-refractivity contribution in [2.24, 2.45) is 5.41 Å². The third-order valence-electron chi connectivity index (χ3n) is 1.68. The first-order valence-corrected chi connectivity index (χ1v) is 6.82. The summed E-state index contributed by atoms with van der Waals surface area (Å²) in [5.41, 5.74) is 0.156. The Labute approximate surface area is 92.9 Å². The molecule has 0 aromatic carbocycles. The molecule has 0 atom stereocenters. The molecule has 15 heavy (non-hydrogen) atoms. The van der Waals surface area contributed by atoms with Crippen LogP contribution in [-0.2, 0) is 18.1 Å². The summed E-state index contributed by atoms with van der Waals surface area (Å²) < 4.78 is 27.0. The summed E-state index contributed by atoms with van der Waals surface area (Å²) in [5, 5.41) is 0. The van der Waals surface area contributed by atoms with Crippen molar-refractivity contribution in [2.45, 2.75) is 41.0 Å². The molecule has 5 heteroatoms. The van der Waals surface area contributed by atoms with Gasteiger partial charge in [0.05, 0.1) is 19.8 Å². The van der Waals surface area contributed by atoms with E-state index in [2.05, 4.69) is 20.8 Å². The highest BCUT2D eigenvalue weighted by atomic mass is 31.2. The zero-order chi connectivity index (χ0) is 11.9. The molecule has 0 fully saturated rings. The molecule has 0 saturated carbocycles. The zero-order valence-electron chi connectivity index (χ0n) is 10.4. The van der Waals surface area contributed by atoms with Crippen molar-refractivity contribution in [2.75, 3.05) is 19.8 Å². The molecule has 0 saturated heterocycles. The van der Waals surface area contributed by atoms with Crippen LogP contribution in [0.1, 0.15) is 41.0 Å². The van der Waals surface area contributed by atoms with Crippen LogP contribution >= 0.6 is 7.82 Å². The third kappa shape index (κ3) is 7.97. The van der Waals surface area contributed by atoms with Crippen LogP contribution in [0, 0.1) is 5.41 Å². The molecule has 0 aromatic rings. The van der Waals surface area contributed by atoms with Crippen LogP contribution in [0.3, 0.4) is 0 Å². The molecule has 0 heterocycles. The Balaban J connectivity index is 4.02. The lowest BCUT2D eigenvalue weighted by Gasteiger charge is -2.20. The molecular formula is C10H23O4P. The topological polar surface area (TPSA) is 44.8 Å². The Kier molecular flexibility index (Phi) is 6.69. The van der Waals surface area contributed by atoms with Gasteiger partial charge in [0, 0.05) is 0 Å². The SMILES string of the molecule is CCOP(=O)(OCC)OCCC(C)(C)C. The average Bonchev–Trinajstić information content (AvgIpc) is 2.01. The Hall–Kier alpha value is 0.110. The van der Waals surface area contributed by atoms with E-state index in [1.165, 1.54) is 0 Å². The van der Waals surface area contributed by atoms with Gasteiger partial charge in [0.1, 0.15) is 0 Å². The summed E-state index contributed by atoms with van der Waals surface area (Å²) in [6.45, 7) is 10.9. The second kappa shape index (κ2) is 6.64. The Bertz CT molecular complexity index is 200. The minimum Gasteiger partial charge on any atom is -0.287 e. The molecule has 0 N–H and O–H groups in total. The first-order valence-electron chi connectivity index (χ1n) is 5.36. The summed E-state index contributed by atoms with van der Waals surface area (Å²) in [7, 11) is -3.31. The normalized spacial score (nSPS) is 13.1. The van der Waals surface area contributed by atoms with Gasteiger partial charge in [0.2, 0.25) is 0 Å². The number of phosphoric ester groups is 1. The van der Waals surface area contributed by atoms with E-state index in [1.807, 2.05) is 0 Å². The van der Waals surface area contributed by atoms with E-state index in [4.69, 9.17) is 13.6 Å². The summed E-state index contributed by atoms with van der Waals surface area (Å²) in [5.74, 6) is 0. The highest BCUT2D eigenvalue weighted by Crippen LogP contribution is 2.49. The molecule has 92 valence electrons. The molecule has 0 spiro atoms. The van der Waals surface area contributed by atoms with Crippen molar-refractivity contribution in [1.29, 1.82) is 0 Å². The van der Waals surface area contributed by atoms with Crippen molar-refractivity contribution in [3.05, 3.63) is 0 Å². The molecular weight excluding hydrogens is 215 g/mol. The minimum absolute atomic E-state index is 0.156. The number of rotatable bonds is 7. The Morgan fingerprint density at radius 2 is 1.47 bits per heavy atom. The van der Waals surface area contributed by atoms with Crippen LogP contribution in [0.2, 0.25) is 0 Å². The lowest BCUT2D eigenvalue weighted by atomic mass is 9.93. The van der Waals surface area contributed by atoms with E-state index < -0.39 is 7.82 Å². The number of hydrogen-bond donors (Lipinski definition) is 0. The van der Waals surface area contributed by atoms with Gasteiger partial charge in [-0.15, -0.1) is 0 Å². The predicted molar refractivity (Wildman–Crippen MR) is 60.9 cm³/mol. The van der Waals surface area contributed by atoms with Gasteiger partial charge in [-0.3, -0.25) is 13.6 Å². The highest BCUT2D eigenvalue weighted by molar-refractivity contribution is 7.48. The van der Waals surface area contributed by atoms with E-state index in [0.717, 1.165) is 6.42 Å². The van der Waals surface area contributed by atoms with Crippen LogP contribution in [0.15, 0.2) is 0 Å². The molecule has 0 aliphatic carbocycles. The number of phosphoric acid groups is 1. The van der Waals surface area contributed by atoms with Crippen LogP contribution < -0.4 is 0 Å². The Morgan fingerprint density at radius 1 is 1.00 bits per heavy atom. The molecule has 0 unspecified atom stereocenters. The fourth-order valence-electron chi connectivity index (χ4n) is 0.892. The molecule has 0 aromatic heterocycles. The molecule has 4 nitrogen and oxygen atoms in total. The largest absolute Gasteiger partial charge is 0.474 e. The fourth-order valence-corrected chi connectivity index (χ4v) is 2.06. The maximum atomic E-state index is 11.8. The van der Waals surface area contributed by atoms with Crippen LogP contribution in [0.25, 0.3) is 0 Å². The predicted octanol–water partition coefficient (Wildman–Crippen LogP) is 3.62. The second-order valence-electron chi connectivity index (χ2n) is 4.43. The standard InChI is InChI=1S/C10H23O4P/c1-6-12-15(11,13-7-2)14-9-8-10(3,4)5/h6-9H2,1-5H3. The van der Waals surface area contributed by atoms with E-state index >= 15 is 0 Å². The van der Waals surface area contributed by atoms with Gasteiger partial charge in [0.15, 0.2) is 0 Å². The molecule has 0 amide bonds. The van der Waals surface area contributed by atoms with Gasteiger partial charge in [-0.05, 0) is 25.7 Å². The fraction of sp³-hybridized carbons (Fsp3) is 1.00. The third-order valence-corrected chi connectivity index (χ3v) is 3.32. The van der Waals surface area contributed by atoms with Gasteiger partial charge in [-0.25, -0.2) is 4.57 Å². The molecule has 0 aliphatic heterocycles. The molecule has 0 bridgehead atoms. The summed E-state index contributed by atoms with van der Waals surface area (Å²) in [6.07, 6.45) is 0.817. The average molecular weight is 238 g/mol. The van der Waals surface area contributed by atoms with Crippen LogP contribution in [-0.4, -0.2) is 19.8 Å². The van der Waals surface area contributed by atoms with Gasteiger partial charge < -0.3 is 0 Å². The maximum absolute atomic E-state index is 11.8. The van der Waals surface area contributed by atoms with Crippen molar-refractivity contribution < 1.29 is 18.1 Å². The van der Waals surface area contributed by atoms with Crippen molar-refractivity contribution >= 4 is 7.82 Å². The van der Waals surface area contributed by atoms with E-state index in [1.54, 1.807) is 13.8 Å². The summed E-state index contributed by atoms with van der Waals surface area (Å²) >= 11 is 0. The van der Waals surface area contributed by atoms with E-state index in [0.29, 0.717) is 19.8 Å². The first kappa shape index (κ1) is 15.1. The van der Waals surface area contributed by atoms with Crippen LogP contribution in [0.4, 0.5) is 0 Å². The maximum Gasteiger partial charge on any atom is 0.474 e. The minimum atomic E-state index is -3.31. The zero-order valence-corrected chi connectivity index (χ0v) is 11.3. The van der Waals surface area contributed by atoms with Crippen LogP contribution in [0.5, 0.6) is 0 Å². The lowest BCUT2D eigenvalue weighted by molar-refractivity contribution is 0.111. The monoisotopic (exact) mass is 238 g/mol. The summed E-state index contributed by atoms with van der Waals surface area (Å²) in [6, 6.07) is 0. The van der Waals surface area contributed by atoms with Crippen molar-refractivity contribution in [3.8, 4) is 0 Å². The van der Waals surface area contributed by atoms with Gasteiger partial charge in [-0.1, -0.05) is 20.8 Å². The van der Waals surface area contributed by atoms with Gasteiger partial charge in [0.25, 0.3) is 0 Å². The quantitative estimate of drug-likeness (QED) is 0.635. The number of hydrogen-bond acceptors (Lipinski definition) is 4. The smallest absolute Gasteiger partial charge is 0.287 e. The van der Waals surface area contributed by atoms with E-state index in [-0.39, 0.29) is 5.41 Å². The highest BCUT2D eigenvalue weighted by Gasteiger charge is 2.25. The Morgan fingerprint density at radius 3 is 1.80 bits per heavy atom. The van der Waals surface area contributed by atoms with E-state index in [9.17, 15) is 4.57 Å². The molecule has 0 radical (unpaired) electrons. The van der Waals surface area contributed by atoms with Crippen molar-refractivity contribution in [3.63, 3.8) is 0 Å². The van der Waals surface area contributed by atoms with Gasteiger partial charge in [-0.2, -0.15) is 0 Å². The van der Waals surface area contributed by atoms with Crippen molar-refractivity contribution in [1.82, 2.24) is 0 Å².